The Balaban J connectivity index is 1.53. The summed E-state index contributed by atoms with van der Waals surface area (Å²) in [5, 5.41) is 5.02. The fourth-order valence-electron chi connectivity index (χ4n) is 4.90. The van der Waals surface area contributed by atoms with Crippen molar-refractivity contribution >= 4 is 21.1 Å². The molecule has 1 fully saturated rings. The maximum Gasteiger partial charge on any atom is 0.262 e. The smallest absolute Gasteiger partial charge is 0.262 e. The molecule has 0 bridgehead atoms. The molecule has 2 aromatic carbocycles. The number of benzene rings is 2. The fourth-order valence-corrected chi connectivity index (χ4v) is 6.35. The van der Waals surface area contributed by atoms with Crippen molar-refractivity contribution in [3.8, 4) is 17.1 Å². The predicted molar refractivity (Wildman–Crippen MR) is 156 cm³/mol. The summed E-state index contributed by atoms with van der Waals surface area (Å²) in [5.74, 6) is 0.649. The number of nitrogens with zero attached hydrogens (tertiary/aromatic N) is 5. The Morgan fingerprint density at radius 2 is 1.76 bits per heavy atom. The van der Waals surface area contributed by atoms with Gasteiger partial charge in [-0.3, -0.25) is 4.79 Å². The van der Waals surface area contributed by atoms with E-state index in [-0.39, 0.29) is 22.9 Å². The average molecular weight is 581 g/mol. The number of fused-ring (bicyclic) bond motifs is 1. The number of rotatable bonds is 11. The minimum Gasteiger partial charge on any atom is -0.493 e. The van der Waals surface area contributed by atoms with Crippen LogP contribution in [-0.4, -0.2) is 77.2 Å². The van der Waals surface area contributed by atoms with Gasteiger partial charge in [-0.05, 0) is 44.2 Å². The van der Waals surface area contributed by atoms with E-state index in [2.05, 4.69) is 15.0 Å². The molecule has 0 amide bonds. The molecule has 0 atom stereocenters. The molecule has 0 aliphatic carbocycles. The molecule has 218 valence electrons. The number of likely N-dealkylation sites (N-methyl/N-ethyl adjacent to an activating group) is 1. The number of aromatic nitrogens is 4. The van der Waals surface area contributed by atoms with Gasteiger partial charge in [0.2, 0.25) is 10.0 Å². The van der Waals surface area contributed by atoms with E-state index >= 15 is 0 Å². The quantitative estimate of drug-likeness (QED) is 0.287. The third kappa shape index (κ3) is 6.20. The molecule has 12 heteroatoms. The minimum atomic E-state index is -3.75. The first-order chi connectivity index (χ1) is 19.8. The van der Waals surface area contributed by atoms with E-state index in [1.165, 1.54) is 10.4 Å². The fraction of sp³-hybridized carbons (Fsp3) is 0.414. The first-order valence-corrected chi connectivity index (χ1v) is 15.3. The Morgan fingerprint density at radius 3 is 2.46 bits per heavy atom. The second kappa shape index (κ2) is 12.5. The average Bonchev–Trinajstić information content (AvgIpc) is 3.32. The Labute approximate surface area is 239 Å². The first-order valence-electron chi connectivity index (χ1n) is 13.9. The highest BCUT2D eigenvalue weighted by Gasteiger charge is 2.29. The van der Waals surface area contributed by atoms with Crippen molar-refractivity contribution in [2.24, 2.45) is 0 Å². The molecule has 0 saturated carbocycles. The Hall–Kier alpha value is -3.58. The van der Waals surface area contributed by atoms with Crippen LogP contribution >= 0.6 is 0 Å². The van der Waals surface area contributed by atoms with E-state index in [9.17, 15) is 13.2 Å². The van der Waals surface area contributed by atoms with Gasteiger partial charge in [0.05, 0.1) is 30.3 Å². The number of H-pyrrole nitrogens is 1. The molecular weight excluding hydrogens is 544 g/mol. The zero-order valence-electron chi connectivity index (χ0n) is 23.7. The van der Waals surface area contributed by atoms with E-state index in [0.29, 0.717) is 74.0 Å². The van der Waals surface area contributed by atoms with Crippen LogP contribution in [0.4, 0.5) is 0 Å². The molecular formula is C29H36N6O5S. The van der Waals surface area contributed by atoms with Crippen LogP contribution in [0.2, 0.25) is 0 Å². The van der Waals surface area contributed by atoms with Crippen LogP contribution in [0.15, 0.2) is 58.2 Å². The van der Waals surface area contributed by atoms with Gasteiger partial charge < -0.3 is 19.4 Å². The Kier molecular flexibility index (Phi) is 8.83. The molecule has 1 aliphatic rings. The van der Waals surface area contributed by atoms with Crippen LogP contribution in [0, 0.1) is 0 Å². The monoisotopic (exact) mass is 580 g/mol. The zero-order valence-corrected chi connectivity index (χ0v) is 24.5. The maximum absolute atomic E-state index is 13.5. The van der Waals surface area contributed by atoms with Gasteiger partial charge in [0.1, 0.15) is 22.7 Å². The van der Waals surface area contributed by atoms with E-state index in [1.54, 1.807) is 16.8 Å². The van der Waals surface area contributed by atoms with Gasteiger partial charge in [-0.15, -0.1) is 0 Å². The summed E-state index contributed by atoms with van der Waals surface area (Å²) in [6, 6.07) is 14.5. The normalized spacial score (nSPS) is 15.0. The van der Waals surface area contributed by atoms with Crippen LogP contribution in [-0.2, 0) is 34.5 Å². The van der Waals surface area contributed by atoms with E-state index < -0.39 is 10.0 Å². The van der Waals surface area contributed by atoms with Gasteiger partial charge in [0.15, 0.2) is 5.65 Å². The number of aromatic amines is 1. The van der Waals surface area contributed by atoms with Crippen molar-refractivity contribution in [2.75, 3.05) is 39.8 Å². The molecule has 11 nitrogen and oxygen atoms in total. The highest BCUT2D eigenvalue weighted by Crippen LogP contribution is 2.32. The van der Waals surface area contributed by atoms with Gasteiger partial charge >= 0.3 is 0 Å². The molecule has 5 rings (SSSR count). The lowest BCUT2D eigenvalue weighted by Gasteiger charge is -2.31. The van der Waals surface area contributed by atoms with Gasteiger partial charge in [-0.1, -0.05) is 37.3 Å². The van der Waals surface area contributed by atoms with Gasteiger partial charge in [-0.25, -0.2) is 18.1 Å². The van der Waals surface area contributed by atoms with Crippen LogP contribution in [0.25, 0.3) is 22.4 Å². The molecule has 3 heterocycles. The van der Waals surface area contributed by atoms with E-state index in [0.717, 1.165) is 12.0 Å². The lowest BCUT2D eigenvalue weighted by atomic mass is 10.2. The SMILES string of the molecule is CCCn1nc(COCc2ccccc2)c2c(=O)[nH]c(-c3cc(S(=O)(=O)N4CCN(C)CC4)ccc3OCC)nc21. The highest BCUT2D eigenvalue weighted by atomic mass is 32.2. The predicted octanol–water partition coefficient (Wildman–Crippen LogP) is 3.25. The van der Waals surface area contributed by atoms with Crippen molar-refractivity contribution < 1.29 is 17.9 Å². The number of nitrogens with one attached hydrogen (secondary N) is 1. The van der Waals surface area contributed by atoms with E-state index in [4.69, 9.17) is 14.5 Å². The number of piperazine rings is 1. The molecule has 0 spiro atoms. The maximum atomic E-state index is 13.5. The molecule has 0 unspecified atom stereocenters. The van der Waals surface area contributed by atoms with Crippen LogP contribution < -0.4 is 10.3 Å². The minimum absolute atomic E-state index is 0.125. The van der Waals surface area contributed by atoms with Gasteiger partial charge in [-0.2, -0.15) is 9.40 Å². The third-order valence-corrected chi connectivity index (χ3v) is 8.96. The van der Waals surface area contributed by atoms with Crippen molar-refractivity contribution in [3.05, 3.63) is 70.1 Å². The van der Waals surface area contributed by atoms with Crippen LogP contribution in [0.3, 0.4) is 0 Å². The first kappa shape index (κ1) is 28.9. The molecule has 41 heavy (non-hydrogen) atoms. The second-order valence-corrected chi connectivity index (χ2v) is 12.0. The van der Waals surface area contributed by atoms with Crippen molar-refractivity contribution in [1.29, 1.82) is 0 Å². The number of hydrogen-bond acceptors (Lipinski definition) is 8. The summed E-state index contributed by atoms with van der Waals surface area (Å²) in [7, 11) is -1.78. The third-order valence-electron chi connectivity index (χ3n) is 7.07. The number of ether oxygens (including phenoxy) is 2. The summed E-state index contributed by atoms with van der Waals surface area (Å²) in [5.41, 5.74) is 1.96. The standard InChI is InChI=1S/C29H36N6O5S/c1-4-13-35-28-26(24(32-35)20-39-19-21-9-7-6-8-10-21)29(36)31-27(30-28)23-18-22(11-12-25(23)40-5-2)41(37,38)34-16-14-33(3)15-17-34/h6-12,18H,4-5,13-17,19-20H2,1-3H3,(H,30,31,36). The molecule has 1 saturated heterocycles. The molecule has 0 radical (unpaired) electrons. The Morgan fingerprint density at radius 1 is 1.00 bits per heavy atom. The summed E-state index contributed by atoms with van der Waals surface area (Å²) < 4.78 is 42.0. The molecule has 1 N–H and O–H groups in total. The summed E-state index contributed by atoms with van der Waals surface area (Å²) in [4.78, 5) is 23.4. The summed E-state index contributed by atoms with van der Waals surface area (Å²) in [6.45, 7) is 7.46. The molecule has 1 aliphatic heterocycles. The summed E-state index contributed by atoms with van der Waals surface area (Å²) in [6.07, 6.45) is 0.786. The van der Waals surface area contributed by atoms with Crippen molar-refractivity contribution in [1.82, 2.24) is 29.0 Å². The van der Waals surface area contributed by atoms with Crippen molar-refractivity contribution in [2.45, 2.75) is 44.9 Å². The van der Waals surface area contributed by atoms with E-state index in [1.807, 2.05) is 51.2 Å². The number of sulfonamides is 1. The van der Waals surface area contributed by atoms with Crippen LogP contribution in [0.1, 0.15) is 31.5 Å². The zero-order chi connectivity index (χ0) is 29.0. The van der Waals surface area contributed by atoms with Crippen LogP contribution in [0.5, 0.6) is 5.75 Å². The summed E-state index contributed by atoms with van der Waals surface area (Å²) >= 11 is 0. The van der Waals surface area contributed by atoms with Gasteiger partial charge in [0.25, 0.3) is 5.56 Å². The number of aryl methyl sites for hydroxylation is 1. The molecule has 2 aromatic heterocycles. The Bertz CT molecular complexity index is 1660. The molecule has 4 aromatic rings. The lowest BCUT2D eigenvalue weighted by molar-refractivity contribution is 0.105. The largest absolute Gasteiger partial charge is 0.493 e. The topological polar surface area (TPSA) is 123 Å². The lowest BCUT2D eigenvalue weighted by Crippen LogP contribution is -2.47. The second-order valence-electron chi connectivity index (χ2n) is 10.1. The van der Waals surface area contributed by atoms with Crippen molar-refractivity contribution in [3.63, 3.8) is 0 Å². The number of hydrogen-bond donors (Lipinski definition) is 1. The highest BCUT2D eigenvalue weighted by molar-refractivity contribution is 7.89. The van der Waals surface area contributed by atoms with Gasteiger partial charge in [0, 0.05) is 32.7 Å².